The van der Waals surface area contributed by atoms with E-state index >= 15 is 0 Å². The van der Waals surface area contributed by atoms with Crippen LogP contribution in [-0.4, -0.2) is 70.4 Å². The van der Waals surface area contributed by atoms with Gasteiger partial charge in [-0.15, -0.1) is 0 Å². The van der Waals surface area contributed by atoms with Crippen molar-refractivity contribution in [2.45, 2.75) is 42.7 Å². The molecule has 10 heteroatoms. The highest BCUT2D eigenvalue weighted by Crippen LogP contribution is 2.27. The minimum atomic E-state index is -3.58. The van der Waals surface area contributed by atoms with Gasteiger partial charge in [0.2, 0.25) is 10.0 Å². The zero-order valence-electron chi connectivity index (χ0n) is 15.8. The van der Waals surface area contributed by atoms with E-state index in [0.29, 0.717) is 11.9 Å². The van der Waals surface area contributed by atoms with Crippen LogP contribution in [0.5, 0.6) is 5.75 Å². The standard InChI is InChI=1S/C17H25ClN2O4S.CH2O2/c1-23-17-5-4-15(11-16(17)18)25(21,22)19-13-6-8-20(9-7-13)12-14-3-2-10-24-14;2-1-3/h4-5,11,13-14,19H,2-3,6-10,12H2,1H3;1H,(H,2,3). The maximum atomic E-state index is 12.6. The monoisotopic (exact) mass is 434 g/mol. The molecule has 1 aromatic carbocycles. The highest BCUT2D eigenvalue weighted by Gasteiger charge is 2.27. The van der Waals surface area contributed by atoms with Crippen LogP contribution >= 0.6 is 11.6 Å². The molecule has 1 atom stereocenters. The molecule has 0 radical (unpaired) electrons. The van der Waals surface area contributed by atoms with Crippen LogP contribution in [0.1, 0.15) is 25.7 Å². The fourth-order valence-corrected chi connectivity index (χ4v) is 5.06. The number of rotatable bonds is 6. The number of nitrogens with one attached hydrogen (secondary N) is 1. The Balaban J connectivity index is 0.000000878. The number of carbonyl (C=O) groups is 1. The van der Waals surface area contributed by atoms with Gasteiger partial charge >= 0.3 is 0 Å². The lowest BCUT2D eigenvalue weighted by molar-refractivity contribution is -0.122. The van der Waals surface area contributed by atoms with Gasteiger partial charge in [0.15, 0.2) is 0 Å². The number of nitrogens with zero attached hydrogens (tertiary/aromatic N) is 1. The Hall–Kier alpha value is -1.39. The molecule has 2 heterocycles. The first-order valence-electron chi connectivity index (χ1n) is 9.17. The summed E-state index contributed by atoms with van der Waals surface area (Å²) < 4.78 is 38.7. The van der Waals surface area contributed by atoms with Gasteiger partial charge in [-0.25, -0.2) is 13.1 Å². The van der Waals surface area contributed by atoms with Gasteiger partial charge in [0.05, 0.1) is 23.1 Å². The number of likely N-dealkylation sites (tertiary alicyclic amines) is 1. The Kier molecular flexibility index (Phi) is 8.97. The molecule has 1 unspecified atom stereocenters. The number of methoxy groups -OCH3 is 1. The molecule has 1 aromatic rings. The first kappa shape index (κ1) is 22.9. The highest BCUT2D eigenvalue weighted by molar-refractivity contribution is 7.89. The maximum Gasteiger partial charge on any atom is 0.290 e. The van der Waals surface area contributed by atoms with E-state index in [2.05, 4.69) is 9.62 Å². The predicted octanol–water partition coefficient (Wildman–Crippen LogP) is 1.97. The van der Waals surface area contributed by atoms with Crippen LogP contribution in [0.4, 0.5) is 0 Å². The van der Waals surface area contributed by atoms with E-state index in [1.165, 1.54) is 19.2 Å². The Morgan fingerprint density at radius 3 is 2.57 bits per heavy atom. The molecule has 0 amide bonds. The summed E-state index contributed by atoms with van der Waals surface area (Å²) in [6.45, 7) is 3.34. The van der Waals surface area contributed by atoms with Crippen LogP contribution in [0.25, 0.3) is 0 Å². The molecule has 3 rings (SSSR count). The smallest absolute Gasteiger partial charge is 0.290 e. The average molecular weight is 435 g/mol. The molecule has 2 saturated heterocycles. The van der Waals surface area contributed by atoms with Crippen molar-refractivity contribution in [2.75, 3.05) is 33.4 Å². The van der Waals surface area contributed by atoms with Gasteiger partial charge in [-0.3, -0.25) is 4.79 Å². The zero-order valence-corrected chi connectivity index (χ0v) is 17.4. The highest BCUT2D eigenvalue weighted by atomic mass is 35.5. The Labute approximate surface area is 170 Å². The van der Waals surface area contributed by atoms with Gasteiger partial charge < -0.3 is 19.5 Å². The largest absolute Gasteiger partial charge is 0.495 e. The molecule has 2 aliphatic rings. The number of carboxylic acid groups (broad SMARTS) is 1. The Morgan fingerprint density at radius 1 is 1.36 bits per heavy atom. The molecular formula is C18H27ClN2O6S. The number of benzene rings is 1. The Bertz CT molecular complexity index is 732. The van der Waals surface area contributed by atoms with Crippen molar-refractivity contribution in [3.8, 4) is 5.75 Å². The van der Waals surface area contributed by atoms with Crippen molar-refractivity contribution >= 4 is 28.1 Å². The van der Waals surface area contributed by atoms with Crippen molar-refractivity contribution < 1.29 is 27.8 Å². The van der Waals surface area contributed by atoms with Crippen molar-refractivity contribution in [1.82, 2.24) is 9.62 Å². The number of sulfonamides is 1. The summed E-state index contributed by atoms with van der Waals surface area (Å²) in [5, 5.41) is 7.18. The van der Waals surface area contributed by atoms with Crippen molar-refractivity contribution in [2.24, 2.45) is 0 Å². The van der Waals surface area contributed by atoms with Gasteiger partial charge in [-0.2, -0.15) is 0 Å². The van der Waals surface area contributed by atoms with Gasteiger partial charge in [-0.05, 0) is 57.0 Å². The molecule has 0 saturated carbocycles. The second-order valence-corrected chi connectivity index (χ2v) is 8.85. The molecule has 2 aliphatic heterocycles. The maximum absolute atomic E-state index is 12.6. The molecule has 2 N–H and O–H groups in total. The molecule has 0 spiro atoms. The third-order valence-corrected chi connectivity index (χ3v) is 6.64. The van der Waals surface area contributed by atoms with Gasteiger partial charge in [0.1, 0.15) is 5.75 Å². The van der Waals surface area contributed by atoms with Crippen LogP contribution in [0.15, 0.2) is 23.1 Å². The van der Waals surface area contributed by atoms with Crippen LogP contribution in [0.2, 0.25) is 5.02 Å². The van der Waals surface area contributed by atoms with Gasteiger partial charge in [-0.1, -0.05) is 11.6 Å². The van der Waals surface area contributed by atoms with Gasteiger partial charge in [0.25, 0.3) is 6.47 Å². The summed E-state index contributed by atoms with van der Waals surface area (Å²) >= 11 is 6.04. The fraction of sp³-hybridized carbons (Fsp3) is 0.611. The van der Waals surface area contributed by atoms with E-state index in [-0.39, 0.29) is 22.4 Å². The minimum absolute atomic E-state index is 0.0494. The summed E-state index contributed by atoms with van der Waals surface area (Å²) in [5.74, 6) is 0.461. The second-order valence-electron chi connectivity index (χ2n) is 6.73. The summed E-state index contributed by atoms with van der Waals surface area (Å²) in [6.07, 6.45) is 4.22. The number of hydrogen-bond acceptors (Lipinski definition) is 6. The minimum Gasteiger partial charge on any atom is -0.495 e. The Morgan fingerprint density at radius 2 is 2.04 bits per heavy atom. The second kappa shape index (κ2) is 11.0. The quantitative estimate of drug-likeness (QED) is 0.659. The lowest BCUT2D eigenvalue weighted by atomic mass is 10.1. The lowest BCUT2D eigenvalue weighted by Gasteiger charge is -2.33. The normalized spacial score (nSPS) is 21.0. The van der Waals surface area contributed by atoms with E-state index in [9.17, 15) is 8.42 Å². The molecule has 0 aromatic heterocycles. The topological polar surface area (TPSA) is 105 Å². The predicted molar refractivity (Wildman–Crippen MR) is 105 cm³/mol. The van der Waals surface area contributed by atoms with Crippen LogP contribution < -0.4 is 9.46 Å². The van der Waals surface area contributed by atoms with Crippen molar-refractivity contribution in [1.29, 1.82) is 0 Å². The summed E-state index contributed by atoms with van der Waals surface area (Å²) in [4.78, 5) is 10.9. The first-order chi connectivity index (χ1) is 13.4. The van der Waals surface area contributed by atoms with Gasteiger partial charge in [0, 0.05) is 19.2 Å². The SMILES string of the molecule is COc1ccc(S(=O)(=O)NC2CCN(CC3CCCO3)CC2)cc1Cl.O=CO. The number of hydrogen-bond donors (Lipinski definition) is 2. The summed E-state index contributed by atoms with van der Waals surface area (Å²) in [7, 11) is -2.08. The van der Waals surface area contributed by atoms with E-state index in [1.54, 1.807) is 6.07 Å². The van der Waals surface area contributed by atoms with Crippen LogP contribution in [0, 0.1) is 0 Å². The van der Waals surface area contributed by atoms with Crippen LogP contribution in [-0.2, 0) is 19.6 Å². The fourth-order valence-electron chi connectivity index (χ4n) is 3.41. The van der Waals surface area contributed by atoms with Crippen molar-refractivity contribution in [3.05, 3.63) is 23.2 Å². The van der Waals surface area contributed by atoms with Crippen LogP contribution in [0.3, 0.4) is 0 Å². The summed E-state index contributed by atoms with van der Waals surface area (Å²) in [5.41, 5.74) is 0. The van der Waals surface area contributed by atoms with Crippen molar-refractivity contribution in [3.63, 3.8) is 0 Å². The molecule has 2 fully saturated rings. The molecule has 28 heavy (non-hydrogen) atoms. The van der Waals surface area contributed by atoms with E-state index < -0.39 is 10.0 Å². The molecule has 158 valence electrons. The molecule has 0 aliphatic carbocycles. The number of ether oxygens (including phenoxy) is 2. The average Bonchev–Trinajstić information content (AvgIpc) is 3.17. The number of halogens is 1. The zero-order chi connectivity index (χ0) is 20.6. The van der Waals surface area contributed by atoms with E-state index in [0.717, 1.165) is 51.9 Å². The first-order valence-corrected chi connectivity index (χ1v) is 11.0. The number of piperidine rings is 1. The van der Waals surface area contributed by atoms with E-state index in [4.69, 9.17) is 31.0 Å². The lowest BCUT2D eigenvalue weighted by Crippen LogP contribution is -2.46. The molecule has 0 bridgehead atoms. The molecular weight excluding hydrogens is 408 g/mol. The molecule has 8 nitrogen and oxygen atoms in total. The van der Waals surface area contributed by atoms with E-state index in [1.807, 2.05) is 0 Å². The third kappa shape index (κ3) is 6.59. The summed E-state index contributed by atoms with van der Waals surface area (Å²) in [6, 6.07) is 4.46. The third-order valence-electron chi connectivity index (χ3n) is 4.83.